The first-order valence-electron chi connectivity index (χ1n) is 10.6. The Kier molecular flexibility index (Phi) is 5.99. The third-order valence-corrected chi connectivity index (χ3v) is 6.40. The van der Waals surface area contributed by atoms with Gasteiger partial charge in [-0.2, -0.15) is 5.26 Å². The van der Waals surface area contributed by atoms with E-state index < -0.39 is 5.92 Å². The molecule has 2 N–H and O–H groups in total. The van der Waals surface area contributed by atoms with Gasteiger partial charge in [0.05, 0.1) is 5.92 Å². The molecule has 1 atom stereocenters. The first-order valence-corrected chi connectivity index (χ1v) is 11.0. The molecule has 0 radical (unpaired) electrons. The minimum atomic E-state index is -0.520. The second-order valence-corrected chi connectivity index (χ2v) is 8.81. The highest BCUT2D eigenvalue weighted by molar-refractivity contribution is 6.30. The van der Waals surface area contributed by atoms with Gasteiger partial charge in [0, 0.05) is 23.4 Å². The summed E-state index contributed by atoms with van der Waals surface area (Å²) in [6.07, 6.45) is 1.83. The number of nitriles is 1. The monoisotopic (exact) mass is 448 g/mol. The Hall–Kier alpha value is -3.23. The number of ether oxygens (including phenoxy) is 2. The van der Waals surface area contributed by atoms with E-state index in [4.69, 9.17) is 26.8 Å². The number of hydrogen-bond acceptors (Lipinski definition) is 5. The van der Waals surface area contributed by atoms with Gasteiger partial charge in [0.15, 0.2) is 5.78 Å². The van der Waals surface area contributed by atoms with E-state index in [-0.39, 0.29) is 17.2 Å². The van der Waals surface area contributed by atoms with E-state index in [9.17, 15) is 10.1 Å². The van der Waals surface area contributed by atoms with Crippen LogP contribution >= 0.6 is 11.6 Å². The number of carbonyl (C=O) groups is 1. The van der Waals surface area contributed by atoms with Crippen LogP contribution in [-0.4, -0.2) is 5.78 Å². The van der Waals surface area contributed by atoms with Crippen LogP contribution in [0.4, 0.5) is 0 Å². The first-order chi connectivity index (χ1) is 15.3. The molecule has 1 aliphatic carbocycles. The minimum absolute atomic E-state index is 0.0195. The van der Waals surface area contributed by atoms with Crippen LogP contribution < -0.4 is 10.5 Å². The zero-order chi connectivity index (χ0) is 23.0. The van der Waals surface area contributed by atoms with E-state index in [1.54, 1.807) is 6.07 Å². The van der Waals surface area contributed by atoms with Gasteiger partial charge in [0.25, 0.3) is 0 Å². The van der Waals surface area contributed by atoms with Crippen molar-refractivity contribution < 1.29 is 14.3 Å². The second-order valence-electron chi connectivity index (χ2n) is 8.37. The van der Waals surface area contributed by atoms with Crippen LogP contribution in [0.1, 0.15) is 53.0 Å². The third kappa shape index (κ3) is 3.99. The van der Waals surface area contributed by atoms with Crippen LogP contribution in [-0.2, 0) is 16.1 Å². The van der Waals surface area contributed by atoms with Gasteiger partial charge in [0.2, 0.25) is 5.88 Å². The lowest BCUT2D eigenvalue weighted by Gasteiger charge is -2.32. The Labute approximate surface area is 193 Å². The quantitative estimate of drug-likeness (QED) is 0.652. The third-order valence-electron chi connectivity index (χ3n) is 6.16. The summed E-state index contributed by atoms with van der Waals surface area (Å²) >= 11 is 6.05. The fraction of sp³-hybridized carbons (Fsp3) is 0.308. The fourth-order valence-corrected chi connectivity index (χ4v) is 4.71. The van der Waals surface area contributed by atoms with Crippen LogP contribution in [0.15, 0.2) is 53.1 Å². The number of halogens is 1. The van der Waals surface area contributed by atoms with Gasteiger partial charge in [-0.3, -0.25) is 4.79 Å². The number of ketones is 1. The molecule has 0 bridgehead atoms. The molecule has 1 heterocycles. The van der Waals surface area contributed by atoms with Crippen LogP contribution in [0.5, 0.6) is 5.75 Å². The molecule has 5 nitrogen and oxygen atoms in total. The Morgan fingerprint density at radius 2 is 1.94 bits per heavy atom. The van der Waals surface area contributed by atoms with Gasteiger partial charge in [-0.1, -0.05) is 23.7 Å². The number of aryl methyl sites for hydroxylation is 3. The van der Waals surface area contributed by atoms with Gasteiger partial charge in [0.1, 0.15) is 29.8 Å². The summed E-state index contributed by atoms with van der Waals surface area (Å²) in [5.74, 6) is 0.938. The van der Waals surface area contributed by atoms with Crippen molar-refractivity contribution in [3.63, 3.8) is 0 Å². The molecular formula is C26H25ClN2O3. The average Bonchev–Trinajstić information content (AvgIpc) is 2.73. The summed E-state index contributed by atoms with van der Waals surface area (Å²) in [5.41, 5.74) is 11.8. The van der Waals surface area contributed by atoms with Crippen LogP contribution in [0.2, 0.25) is 5.02 Å². The molecule has 32 heavy (non-hydrogen) atoms. The molecule has 1 aliphatic heterocycles. The van der Waals surface area contributed by atoms with Crippen molar-refractivity contribution in [3.8, 4) is 11.8 Å². The SMILES string of the molecule is Cc1cc(C)c([C@H]2C(C#N)=C(N)OC3=C2C(=O)CCC3)cc1COc1ccc(Cl)cc1C. The van der Waals surface area contributed by atoms with E-state index in [1.807, 2.05) is 39.0 Å². The van der Waals surface area contributed by atoms with Crippen molar-refractivity contribution >= 4 is 17.4 Å². The molecule has 0 unspecified atom stereocenters. The molecular weight excluding hydrogens is 424 g/mol. The predicted molar refractivity (Wildman–Crippen MR) is 123 cm³/mol. The number of nitrogens with zero attached hydrogens (tertiary/aromatic N) is 1. The van der Waals surface area contributed by atoms with Gasteiger partial charge in [-0.25, -0.2) is 0 Å². The van der Waals surface area contributed by atoms with E-state index in [2.05, 4.69) is 12.1 Å². The number of benzene rings is 2. The molecule has 0 saturated heterocycles. The minimum Gasteiger partial charge on any atom is -0.489 e. The van der Waals surface area contributed by atoms with Crippen molar-refractivity contribution in [2.75, 3.05) is 0 Å². The van der Waals surface area contributed by atoms with E-state index in [1.165, 1.54) is 0 Å². The normalized spacial score (nSPS) is 18.2. The molecule has 6 heteroatoms. The molecule has 2 aliphatic rings. The summed E-state index contributed by atoms with van der Waals surface area (Å²) in [6.45, 7) is 6.32. The van der Waals surface area contributed by atoms with Gasteiger partial charge < -0.3 is 15.2 Å². The summed E-state index contributed by atoms with van der Waals surface area (Å²) in [4.78, 5) is 12.9. The summed E-state index contributed by atoms with van der Waals surface area (Å²) in [7, 11) is 0. The van der Waals surface area contributed by atoms with Gasteiger partial charge >= 0.3 is 0 Å². The standard InChI is InChI=1S/C26H25ClN2O3/c1-14-9-15(2)19(11-17(14)13-31-22-8-7-18(27)10-16(22)3)24-20(12-28)26(29)32-23-6-4-5-21(30)25(23)24/h7-11,24H,4-6,13,29H2,1-3H3/t24-/m0/s1. The van der Waals surface area contributed by atoms with Crippen LogP contribution in [0, 0.1) is 32.1 Å². The first kappa shape index (κ1) is 22.0. The molecule has 0 saturated carbocycles. The highest BCUT2D eigenvalue weighted by atomic mass is 35.5. The van der Waals surface area contributed by atoms with Crippen molar-refractivity contribution in [1.82, 2.24) is 0 Å². The van der Waals surface area contributed by atoms with Crippen molar-refractivity contribution in [2.45, 2.75) is 52.6 Å². The number of carbonyl (C=O) groups excluding carboxylic acids is 1. The smallest absolute Gasteiger partial charge is 0.205 e. The second kappa shape index (κ2) is 8.72. The van der Waals surface area contributed by atoms with Gasteiger partial charge in [-0.15, -0.1) is 0 Å². The lowest BCUT2D eigenvalue weighted by atomic mass is 9.75. The summed E-state index contributed by atoms with van der Waals surface area (Å²) < 4.78 is 11.8. The topological polar surface area (TPSA) is 85.3 Å². The summed E-state index contributed by atoms with van der Waals surface area (Å²) in [6, 6.07) is 11.8. The molecule has 4 rings (SSSR count). The average molecular weight is 449 g/mol. The molecule has 0 spiro atoms. The van der Waals surface area contributed by atoms with Crippen molar-refractivity contribution in [3.05, 3.63) is 86.0 Å². The maximum Gasteiger partial charge on any atom is 0.205 e. The van der Waals surface area contributed by atoms with Gasteiger partial charge in [-0.05, 0) is 73.2 Å². The molecule has 2 aromatic rings. The molecule has 0 fully saturated rings. The van der Waals surface area contributed by atoms with Crippen molar-refractivity contribution in [2.24, 2.45) is 5.73 Å². The Bertz CT molecular complexity index is 1220. The zero-order valence-electron chi connectivity index (χ0n) is 18.4. The maximum absolute atomic E-state index is 12.9. The Balaban J connectivity index is 1.75. The maximum atomic E-state index is 12.9. The Morgan fingerprint density at radius 1 is 1.16 bits per heavy atom. The number of rotatable bonds is 4. The molecule has 0 amide bonds. The molecule has 0 aromatic heterocycles. The fourth-order valence-electron chi connectivity index (χ4n) is 4.48. The highest BCUT2D eigenvalue weighted by Crippen LogP contribution is 2.44. The number of hydrogen-bond donors (Lipinski definition) is 1. The Morgan fingerprint density at radius 3 is 2.66 bits per heavy atom. The zero-order valence-corrected chi connectivity index (χ0v) is 19.2. The van der Waals surface area contributed by atoms with E-state index in [0.29, 0.717) is 35.8 Å². The predicted octanol–water partition coefficient (Wildman–Crippen LogP) is 5.66. The lowest BCUT2D eigenvalue weighted by molar-refractivity contribution is -0.116. The van der Waals surface area contributed by atoms with E-state index in [0.717, 1.165) is 40.0 Å². The lowest BCUT2D eigenvalue weighted by Crippen LogP contribution is -2.28. The molecule has 2 aromatic carbocycles. The van der Waals surface area contributed by atoms with Crippen molar-refractivity contribution in [1.29, 1.82) is 5.26 Å². The highest BCUT2D eigenvalue weighted by Gasteiger charge is 2.38. The largest absolute Gasteiger partial charge is 0.489 e. The number of nitrogens with two attached hydrogens (primary N) is 1. The summed E-state index contributed by atoms with van der Waals surface area (Å²) in [5, 5.41) is 10.5. The van der Waals surface area contributed by atoms with Crippen LogP contribution in [0.3, 0.4) is 0 Å². The number of allylic oxidation sites excluding steroid dienone is 3. The number of Topliss-reactive ketones (excluding diaryl/α,β-unsaturated/α-hetero) is 1. The molecule has 164 valence electrons. The van der Waals surface area contributed by atoms with Crippen LogP contribution in [0.25, 0.3) is 0 Å². The van der Waals surface area contributed by atoms with E-state index >= 15 is 0 Å².